The molecule has 0 aromatic heterocycles. The number of nitrogens with zero attached hydrogens (tertiary/aromatic N) is 1. The largest absolute Gasteiger partial charge is 0.310 e. The standard InChI is InChI=1S/C13H14N2/c1-2-6-13(9-14)11-15-10-12-7-4-3-5-8-12/h3-5,7-8,13,15H,10-11H2,1H3/t13-/m1/s1. The van der Waals surface area contributed by atoms with E-state index in [-0.39, 0.29) is 5.92 Å². The Hall–Kier alpha value is -1.77. The first-order chi connectivity index (χ1) is 7.36. The van der Waals surface area contributed by atoms with Gasteiger partial charge in [0.1, 0.15) is 5.92 Å². The van der Waals surface area contributed by atoms with E-state index in [0.717, 1.165) is 6.54 Å². The topological polar surface area (TPSA) is 35.8 Å². The van der Waals surface area contributed by atoms with Gasteiger partial charge in [-0.2, -0.15) is 5.26 Å². The quantitative estimate of drug-likeness (QED) is 0.750. The number of hydrogen-bond donors (Lipinski definition) is 1. The van der Waals surface area contributed by atoms with Crippen LogP contribution >= 0.6 is 0 Å². The molecule has 0 aliphatic rings. The Morgan fingerprint density at radius 2 is 2.07 bits per heavy atom. The van der Waals surface area contributed by atoms with Crippen LogP contribution in [0, 0.1) is 29.1 Å². The number of nitrogens with one attached hydrogen (secondary N) is 1. The smallest absolute Gasteiger partial charge is 0.119 e. The maximum absolute atomic E-state index is 8.76. The van der Waals surface area contributed by atoms with Crippen molar-refractivity contribution in [3.8, 4) is 17.9 Å². The molecule has 2 nitrogen and oxygen atoms in total. The minimum absolute atomic E-state index is 0.210. The summed E-state index contributed by atoms with van der Waals surface area (Å²) in [6.07, 6.45) is 0. The van der Waals surface area contributed by atoms with E-state index in [2.05, 4.69) is 35.4 Å². The molecular weight excluding hydrogens is 184 g/mol. The van der Waals surface area contributed by atoms with Crippen molar-refractivity contribution < 1.29 is 0 Å². The molecule has 0 amide bonds. The molecule has 0 aliphatic heterocycles. The molecule has 1 N–H and O–H groups in total. The van der Waals surface area contributed by atoms with Crippen LogP contribution in [0.15, 0.2) is 30.3 Å². The zero-order valence-corrected chi connectivity index (χ0v) is 8.83. The SMILES string of the molecule is CC#C[C@H](C#N)CNCc1ccccc1. The van der Waals surface area contributed by atoms with E-state index in [4.69, 9.17) is 5.26 Å². The van der Waals surface area contributed by atoms with Crippen molar-refractivity contribution in [2.75, 3.05) is 6.54 Å². The summed E-state index contributed by atoms with van der Waals surface area (Å²) in [5.74, 6) is 5.39. The summed E-state index contributed by atoms with van der Waals surface area (Å²) in [5, 5.41) is 12.0. The highest BCUT2D eigenvalue weighted by Crippen LogP contribution is 1.98. The summed E-state index contributed by atoms with van der Waals surface area (Å²) in [5.41, 5.74) is 1.22. The Labute approximate surface area is 90.9 Å². The van der Waals surface area contributed by atoms with Crippen molar-refractivity contribution in [1.82, 2.24) is 5.32 Å². The van der Waals surface area contributed by atoms with Crippen molar-refractivity contribution in [3.05, 3.63) is 35.9 Å². The Balaban J connectivity index is 2.32. The van der Waals surface area contributed by atoms with E-state index in [0.29, 0.717) is 6.54 Å². The number of rotatable bonds is 4. The molecule has 1 rings (SSSR count). The van der Waals surface area contributed by atoms with Crippen molar-refractivity contribution in [3.63, 3.8) is 0 Å². The molecule has 0 fully saturated rings. The third-order valence-corrected chi connectivity index (χ3v) is 1.99. The van der Waals surface area contributed by atoms with E-state index in [1.54, 1.807) is 6.92 Å². The third-order valence-electron chi connectivity index (χ3n) is 1.99. The average molecular weight is 198 g/mol. The molecule has 0 radical (unpaired) electrons. The van der Waals surface area contributed by atoms with Crippen LogP contribution in [0.5, 0.6) is 0 Å². The molecular formula is C13H14N2. The van der Waals surface area contributed by atoms with Gasteiger partial charge in [0.2, 0.25) is 0 Å². The van der Waals surface area contributed by atoms with Crippen LogP contribution in [-0.2, 0) is 6.54 Å². The Morgan fingerprint density at radius 1 is 1.33 bits per heavy atom. The van der Waals surface area contributed by atoms with Gasteiger partial charge in [0.15, 0.2) is 0 Å². The molecule has 0 aliphatic carbocycles. The average Bonchev–Trinajstić information content (AvgIpc) is 2.29. The lowest BCUT2D eigenvalue weighted by Crippen LogP contribution is -2.20. The van der Waals surface area contributed by atoms with Crippen LogP contribution in [0.1, 0.15) is 12.5 Å². The summed E-state index contributed by atoms with van der Waals surface area (Å²) in [4.78, 5) is 0. The van der Waals surface area contributed by atoms with Crippen LogP contribution < -0.4 is 5.32 Å². The first-order valence-electron chi connectivity index (χ1n) is 4.93. The zero-order valence-electron chi connectivity index (χ0n) is 8.83. The van der Waals surface area contributed by atoms with Gasteiger partial charge in [0.25, 0.3) is 0 Å². The van der Waals surface area contributed by atoms with Gasteiger partial charge in [0.05, 0.1) is 6.07 Å². The number of benzene rings is 1. The van der Waals surface area contributed by atoms with E-state index < -0.39 is 0 Å². The zero-order chi connectivity index (χ0) is 10.9. The predicted octanol–water partition coefficient (Wildman–Crippen LogP) is 1.94. The summed E-state index contributed by atoms with van der Waals surface area (Å²) in [6.45, 7) is 3.15. The van der Waals surface area contributed by atoms with Crippen LogP contribution in [0.25, 0.3) is 0 Å². The highest BCUT2D eigenvalue weighted by molar-refractivity contribution is 5.15. The van der Waals surface area contributed by atoms with Gasteiger partial charge >= 0.3 is 0 Å². The molecule has 2 heteroatoms. The Kier molecular flexibility index (Phi) is 5.01. The van der Waals surface area contributed by atoms with E-state index in [9.17, 15) is 0 Å². The Morgan fingerprint density at radius 3 is 2.67 bits per heavy atom. The molecule has 0 spiro atoms. The fourth-order valence-electron chi connectivity index (χ4n) is 1.26. The number of nitriles is 1. The molecule has 1 aromatic rings. The predicted molar refractivity (Wildman–Crippen MR) is 60.7 cm³/mol. The maximum Gasteiger partial charge on any atom is 0.119 e. The normalized spacial score (nSPS) is 10.9. The maximum atomic E-state index is 8.76. The molecule has 0 saturated heterocycles. The molecule has 76 valence electrons. The highest BCUT2D eigenvalue weighted by Gasteiger charge is 2.01. The van der Waals surface area contributed by atoms with Gasteiger partial charge in [-0.15, -0.1) is 5.92 Å². The lowest BCUT2D eigenvalue weighted by Gasteiger charge is -2.04. The number of hydrogen-bond acceptors (Lipinski definition) is 2. The van der Waals surface area contributed by atoms with Crippen LogP contribution in [0.2, 0.25) is 0 Å². The lowest BCUT2D eigenvalue weighted by atomic mass is 10.1. The van der Waals surface area contributed by atoms with Crippen molar-refractivity contribution in [1.29, 1.82) is 5.26 Å². The minimum Gasteiger partial charge on any atom is -0.310 e. The Bertz CT molecular complexity index is 378. The summed E-state index contributed by atoms with van der Waals surface area (Å²) in [7, 11) is 0. The van der Waals surface area contributed by atoms with Gasteiger partial charge in [0, 0.05) is 13.1 Å². The van der Waals surface area contributed by atoms with E-state index in [1.165, 1.54) is 5.56 Å². The van der Waals surface area contributed by atoms with E-state index >= 15 is 0 Å². The highest BCUT2D eigenvalue weighted by atomic mass is 14.9. The lowest BCUT2D eigenvalue weighted by molar-refractivity contribution is 0.646. The third kappa shape index (κ3) is 4.31. The van der Waals surface area contributed by atoms with Gasteiger partial charge in [-0.05, 0) is 12.5 Å². The van der Waals surface area contributed by atoms with Crippen molar-refractivity contribution in [2.45, 2.75) is 13.5 Å². The second-order valence-corrected chi connectivity index (χ2v) is 3.19. The molecule has 1 atom stereocenters. The second-order valence-electron chi connectivity index (χ2n) is 3.19. The van der Waals surface area contributed by atoms with Crippen LogP contribution in [0.3, 0.4) is 0 Å². The summed E-state index contributed by atoms with van der Waals surface area (Å²) < 4.78 is 0. The summed E-state index contributed by atoms with van der Waals surface area (Å²) >= 11 is 0. The fraction of sp³-hybridized carbons (Fsp3) is 0.308. The molecule has 0 saturated carbocycles. The van der Waals surface area contributed by atoms with Gasteiger partial charge in [-0.1, -0.05) is 36.3 Å². The first-order valence-corrected chi connectivity index (χ1v) is 4.93. The minimum atomic E-state index is -0.210. The first kappa shape index (κ1) is 11.3. The second kappa shape index (κ2) is 6.65. The fourth-order valence-corrected chi connectivity index (χ4v) is 1.26. The summed E-state index contributed by atoms with van der Waals surface area (Å²) in [6, 6.07) is 12.3. The molecule has 15 heavy (non-hydrogen) atoms. The van der Waals surface area contributed by atoms with Crippen LogP contribution in [0.4, 0.5) is 0 Å². The van der Waals surface area contributed by atoms with Gasteiger partial charge < -0.3 is 5.32 Å². The van der Waals surface area contributed by atoms with E-state index in [1.807, 2.05) is 18.2 Å². The van der Waals surface area contributed by atoms with Gasteiger partial charge in [-0.25, -0.2) is 0 Å². The molecule has 0 bridgehead atoms. The molecule has 1 aromatic carbocycles. The molecule has 0 heterocycles. The van der Waals surface area contributed by atoms with Crippen LogP contribution in [-0.4, -0.2) is 6.54 Å². The van der Waals surface area contributed by atoms with Crippen molar-refractivity contribution >= 4 is 0 Å². The molecule has 0 unspecified atom stereocenters. The van der Waals surface area contributed by atoms with Gasteiger partial charge in [-0.3, -0.25) is 0 Å². The monoisotopic (exact) mass is 198 g/mol. The van der Waals surface area contributed by atoms with Crippen molar-refractivity contribution in [2.24, 2.45) is 5.92 Å².